The van der Waals surface area contributed by atoms with Gasteiger partial charge in [-0.15, -0.1) is 0 Å². The number of anilines is 2. The van der Waals surface area contributed by atoms with Gasteiger partial charge in [0.2, 0.25) is 5.95 Å². The van der Waals surface area contributed by atoms with Gasteiger partial charge in [-0.3, -0.25) is 9.78 Å². The number of hydrogen-bond donors (Lipinski definition) is 2. The van der Waals surface area contributed by atoms with Crippen LogP contribution in [0, 0.1) is 19.8 Å². The zero-order chi connectivity index (χ0) is 20.1. The van der Waals surface area contributed by atoms with Crippen LogP contribution in [0.5, 0.6) is 0 Å². The van der Waals surface area contributed by atoms with Crippen LogP contribution in [0.1, 0.15) is 30.3 Å². The standard InChI is InChI=1S/C21H23N5O2/c1-4-15(20(27)28)9-18-11-22-12-19(25-18)16-7-13(2)8-17(10-16)26-21-23-6-5-14(3)24-21/h5-8,10-12,15H,4,9H2,1-3H3,(H,27,28)(H,23,24,26). The fourth-order valence-electron chi connectivity index (χ4n) is 2.94. The average molecular weight is 377 g/mol. The van der Waals surface area contributed by atoms with Crippen molar-refractivity contribution in [3.05, 3.63) is 59.8 Å². The fraction of sp³-hybridized carbons (Fsp3) is 0.286. The number of carboxylic acids is 1. The number of hydrogen-bond acceptors (Lipinski definition) is 6. The summed E-state index contributed by atoms with van der Waals surface area (Å²) in [5.74, 6) is -0.740. The largest absolute Gasteiger partial charge is 0.481 e. The van der Waals surface area contributed by atoms with Crippen LogP contribution < -0.4 is 5.32 Å². The molecule has 1 unspecified atom stereocenters. The predicted molar refractivity (Wildman–Crippen MR) is 107 cm³/mol. The molecular formula is C21H23N5O2. The Labute approximate surface area is 163 Å². The van der Waals surface area contributed by atoms with Gasteiger partial charge in [-0.25, -0.2) is 15.0 Å². The minimum atomic E-state index is -0.810. The summed E-state index contributed by atoms with van der Waals surface area (Å²) in [6, 6.07) is 7.82. The third-order valence-electron chi connectivity index (χ3n) is 4.41. The van der Waals surface area contributed by atoms with Gasteiger partial charge in [0.1, 0.15) is 0 Å². The Balaban J connectivity index is 1.88. The Morgan fingerprint density at radius 1 is 1.18 bits per heavy atom. The summed E-state index contributed by atoms with van der Waals surface area (Å²) in [5, 5.41) is 12.5. The number of aromatic nitrogens is 4. The molecule has 0 spiro atoms. The second kappa shape index (κ2) is 8.56. The van der Waals surface area contributed by atoms with Crippen LogP contribution in [0.15, 0.2) is 42.9 Å². The molecule has 144 valence electrons. The number of aliphatic carboxylic acids is 1. The van der Waals surface area contributed by atoms with Crippen LogP contribution >= 0.6 is 0 Å². The Kier molecular flexibility index (Phi) is 5.93. The van der Waals surface area contributed by atoms with Crippen LogP contribution in [0.3, 0.4) is 0 Å². The molecule has 2 heterocycles. The molecule has 0 saturated carbocycles. The van der Waals surface area contributed by atoms with Crippen molar-refractivity contribution >= 4 is 17.6 Å². The van der Waals surface area contributed by atoms with Crippen molar-refractivity contribution in [2.45, 2.75) is 33.6 Å². The Bertz CT molecular complexity index is 990. The van der Waals surface area contributed by atoms with Gasteiger partial charge >= 0.3 is 5.97 Å². The van der Waals surface area contributed by atoms with Gasteiger partial charge in [-0.1, -0.05) is 6.92 Å². The summed E-state index contributed by atoms with van der Waals surface area (Å²) in [6.45, 7) is 5.78. The smallest absolute Gasteiger partial charge is 0.306 e. The molecule has 7 heteroatoms. The third-order valence-corrected chi connectivity index (χ3v) is 4.41. The van der Waals surface area contributed by atoms with E-state index in [-0.39, 0.29) is 0 Å². The maximum Gasteiger partial charge on any atom is 0.306 e. The Morgan fingerprint density at radius 3 is 2.71 bits per heavy atom. The summed E-state index contributed by atoms with van der Waals surface area (Å²) >= 11 is 0. The van der Waals surface area contributed by atoms with Crippen LogP contribution in [0.2, 0.25) is 0 Å². The number of nitrogens with zero attached hydrogens (tertiary/aromatic N) is 4. The highest BCUT2D eigenvalue weighted by atomic mass is 16.4. The molecule has 3 rings (SSSR count). The lowest BCUT2D eigenvalue weighted by atomic mass is 10.0. The molecule has 1 aromatic carbocycles. The van der Waals surface area contributed by atoms with Crippen molar-refractivity contribution in [1.82, 2.24) is 19.9 Å². The topological polar surface area (TPSA) is 101 Å². The molecule has 3 aromatic rings. The first-order chi connectivity index (χ1) is 13.4. The maximum atomic E-state index is 11.3. The van der Waals surface area contributed by atoms with E-state index >= 15 is 0 Å². The van der Waals surface area contributed by atoms with Crippen LogP contribution in [-0.2, 0) is 11.2 Å². The van der Waals surface area contributed by atoms with E-state index in [4.69, 9.17) is 0 Å². The first kappa shape index (κ1) is 19.4. The minimum Gasteiger partial charge on any atom is -0.481 e. The molecule has 0 aliphatic heterocycles. The SMILES string of the molecule is CCC(Cc1cncc(-c2cc(C)cc(Nc3nccc(C)n3)c2)n1)C(=O)O. The summed E-state index contributed by atoms with van der Waals surface area (Å²) in [4.78, 5) is 28.8. The zero-order valence-electron chi connectivity index (χ0n) is 16.2. The van der Waals surface area contributed by atoms with Crippen molar-refractivity contribution in [2.24, 2.45) is 5.92 Å². The van der Waals surface area contributed by atoms with Crippen LogP contribution in [-0.4, -0.2) is 31.0 Å². The second-order valence-electron chi connectivity index (χ2n) is 6.78. The van der Waals surface area contributed by atoms with Gasteiger partial charge in [-0.2, -0.15) is 0 Å². The first-order valence-corrected chi connectivity index (χ1v) is 9.17. The van der Waals surface area contributed by atoms with Gasteiger partial charge in [0.25, 0.3) is 0 Å². The van der Waals surface area contributed by atoms with E-state index in [1.807, 2.05) is 45.0 Å². The van der Waals surface area contributed by atoms with Crippen molar-refractivity contribution < 1.29 is 9.90 Å². The molecule has 2 N–H and O–H groups in total. The zero-order valence-corrected chi connectivity index (χ0v) is 16.2. The molecule has 7 nitrogen and oxygen atoms in total. The summed E-state index contributed by atoms with van der Waals surface area (Å²) in [5.41, 5.74) is 5.06. The average Bonchev–Trinajstić information content (AvgIpc) is 2.65. The normalized spacial score (nSPS) is 11.8. The molecule has 0 bridgehead atoms. The number of carbonyl (C=O) groups is 1. The Morgan fingerprint density at radius 2 is 2.00 bits per heavy atom. The molecule has 1 atom stereocenters. The minimum absolute atomic E-state index is 0.362. The van der Waals surface area contributed by atoms with Crippen molar-refractivity contribution in [1.29, 1.82) is 0 Å². The highest BCUT2D eigenvalue weighted by molar-refractivity contribution is 5.70. The maximum absolute atomic E-state index is 11.3. The van der Waals surface area contributed by atoms with Gasteiger partial charge in [-0.05, 0) is 50.1 Å². The van der Waals surface area contributed by atoms with Crippen molar-refractivity contribution in [3.63, 3.8) is 0 Å². The number of benzene rings is 1. The molecular weight excluding hydrogens is 354 g/mol. The van der Waals surface area contributed by atoms with E-state index in [2.05, 4.69) is 25.3 Å². The van der Waals surface area contributed by atoms with Crippen molar-refractivity contribution in [2.75, 3.05) is 5.32 Å². The van der Waals surface area contributed by atoms with Gasteiger partial charge in [0.15, 0.2) is 0 Å². The fourth-order valence-corrected chi connectivity index (χ4v) is 2.94. The van der Waals surface area contributed by atoms with E-state index in [1.54, 1.807) is 18.6 Å². The molecule has 0 fully saturated rings. The summed E-state index contributed by atoms with van der Waals surface area (Å²) < 4.78 is 0. The summed E-state index contributed by atoms with van der Waals surface area (Å²) in [6.07, 6.45) is 5.94. The number of rotatable bonds is 7. The van der Waals surface area contributed by atoms with E-state index < -0.39 is 11.9 Å². The molecule has 0 saturated heterocycles. The molecule has 0 radical (unpaired) electrons. The lowest BCUT2D eigenvalue weighted by molar-refractivity contribution is -0.141. The molecule has 0 amide bonds. The van der Waals surface area contributed by atoms with Gasteiger partial charge < -0.3 is 10.4 Å². The number of carboxylic acid groups (broad SMARTS) is 1. The Hall–Kier alpha value is -3.35. The van der Waals surface area contributed by atoms with E-state index in [9.17, 15) is 9.90 Å². The quantitative estimate of drug-likeness (QED) is 0.643. The monoisotopic (exact) mass is 377 g/mol. The van der Waals surface area contributed by atoms with E-state index in [0.717, 1.165) is 22.5 Å². The predicted octanol–water partition coefficient (Wildman–Crippen LogP) is 3.95. The highest BCUT2D eigenvalue weighted by Gasteiger charge is 2.17. The third kappa shape index (κ3) is 4.88. The molecule has 2 aromatic heterocycles. The second-order valence-corrected chi connectivity index (χ2v) is 6.78. The first-order valence-electron chi connectivity index (χ1n) is 9.17. The van der Waals surface area contributed by atoms with Gasteiger partial charge in [0, 0.05) is 35.8 Å². The van der Waals surface area contributed by atoms with E-state index in [0.29, 0.717) is 30.2 Å². The number of nitrogens with one attached hydrogen (secondary N) is 1. The van der Waals surface area contributed by atoms with Crippen LogP contribution in [0.4, 0.5) is 11.6 Å². The van der Waals surface area contributed by atoms with Crippen LogP contribution in [0.25, 0.3) is 11.3 Å². The molecule has 0 aliphatic carbocycles. The van der Waals surface area contributed by atoms with Crippen molar-refractivity contribution in [3.8, 4) is 11.3 Å². The highest BCUT2D eigenvalue weighted by Crippen LogP contribution is 2.25. The number of aryl methyl sites for hydroxylation is 2. The summed E-state index contributed by atoms with van der Waals surface area (Å²) in [7, 11) is 0. The lowest BCUT2D eigenvalue weighted by Gasteiger charge is -2.11. The molecule has 0 aliphatic rings. The molecule has 28 heavy (non-hydrogen) atoms. The van der Waals surface area contributed by atoms with E-state index in [1.165, 1.54) is 0 Å². The van der Waals surface area contributed by atoms with Gasteiger partial charge in [0.05, 0.1) is 23.5 Å². The lowest BCUT2D eigenvalue weighted by Crippen LogP contribution is -2.16.